The Balaban J connectivity index is 2.07. The van der Waals surface area contributed by atoms with Crippen molar-refractivity contribution >= 4 is 32.8 Å². The number of H-pyrrole nitrogens is 1. The van der Waals surface area contributed by atoms with Crippen molar-refractivity contribution in [1.82, 2.24) is 19.9 Å². The highest BCUT2D eigenvalue weighted by molar-refractivity contribution is 7.91. The summed E-state index contributed by atoms with van der Waals surface area (Å²) in [6.07, 6.45) is 1.56. The summed E-state index contributed by atoms with van der Waals surface area (Å²) in [5.74, 6) is 1.45. The largest absolute Gasteiger partial charge is 0.357 e. The van der Waals surface area contributed by atoms with E-state index in [2.05, 4.69) is 25.3 Å². The third-order valence-corrected chi connectivity index (χ3v) is 5.23. The summed E-state index contributed by atoms with van der Waals surface area (Å²) < 4.78 is 23.4. The topological polar surface area (TPSA) is 104 Å². The van der Waals surface area contributed by atoms with Crippen LogP contribution in [0.25, 0.3) is 11.2 Å². The Kier molecular flexibility index (Phi) is 3.00. The molecule has 1 unspecified atom stereocenters. The van der Waals surface area contributed by atoms with E-state index in [1.807, 2.05) is 11.8 Å². The zero-order valence-electron chi connectivity index (χ0n) is 11.3. The van der Waals surface area contributed by atoms with Gasteiger partial charge in [0.25, 0.3) is 0 Å². The second-order valence-electron chi connectivity index (χ2n) is 4.88. The van der Waals surface area contributed by atoms with Gasteiger partial charge in [0.1, 0.15) is 5.52 Å². The summed E-state index contributed by atoms with van der Waals surface area (Å²) in [5, 5.41) is 2.90. The van der Waals surface area contributed by atoms with Gasteiger partial charge in [-0.15, -0.1) is 0 Å². The van der Waals surface area contributed by atoms with Crippen molar-refractivity contribution in [3.8, 4) is 0 Å². The molecule has 0 radical (unpaired) electrons. The predicted octanol–water partition coefficient (Wildman–Crippen LogP) is 0.0179. The first-order valence-electron chi connectivity index (χ1n) is 6.36. The number of sulfone groups is 1. The Hall–Kier alpha value is -1.90. The highest BCUT2D eigenvalue weighted by Crippen LogP contribution is 2.26. The van der Waals surface area contributed by atoms with Crippen LogP contribution in [0, 0.1) is 0 Å². The number of nitrogens with zero attached hydrogens (tertiary/aromatic N) is 4. The van der Waals surface area contributed by atoms with Gasteiger partial charge in [0, 0.05) is 19.6 Å². The molecule has 0 spiro atoms. The number of aromatic nitrogens is 4. The first-order valence-corrected chi connectivity index (χ1v) is 8.18. The fourth-order valence-corrected chi connectivity index (χ4v) is 4.01. The van der Waals surface area contributed by atoms with E-state index in [0.29, 0.717) is 24.0 Å². The predicted molar refractivity (Wildman–Crippen MR) is 76.7 cm³/mol. The van der Waals surface area contributed by atoms with Crippen LogP contribution >= 0.6 is 0 Å². The normalized spacial score (nSPS) is 22.1. The van der Waals surface area contributed by atoms with Crippen LogP contribution in [-0.4, -0.2) is 59.5 Å². The van der Waals surface area contributed by atoms with Crippen LogP contribution < -0.4 is 10.2 Å². The van der Waals surface area contributed by atoms with Gasteiger partial charge >= 0.3 is 0 Å². The second-order valence-corrected chi connectivity index (χ2v) is 7.11. The first kappa shape index (κ1) is 13.1. The van der Waals surface area contributed by atoms with Gasteiger partial charge in [0.2, 0.25) is 5.95 Å². The lowest BCUT2D eigenvalue weighted by Crippen LogP contribution is -2.47. The van der Waals surface area contributed by atoms with E-state index in [0.717, 1.165) is 5.52 Å². The van der Waals surface area contributed by atoms with Crippen molar-refractivity contribution in [1.29, 1.82) is 0 Å². The van der Waals surface area contributed by atoms with Gasteiger partial charge in [-0.3, -0.25) is 0 Å². The molecule has 2 aromatic heterocycles. The molecular weight excluding hydrogens is 280 g/mol. The van der Waals surface area contributed by atoms with Crippen molar-refractivity contribution in [2.24, 2.45) is 0 Å². The standard InChI is InChI=1S/C11H16N6O2S/c1-7-5-20(18,19)4-3-17(7)10-8-9(14-6-13-8)15-11(12-2)16-10/h6-7H,3-5H2,1-2H3,(H2,12,13,14,15,16). The Bertz CT molecular complexity index is 740. The molecule has 3 heterocycles. The lowest BCUT2D eigenvalue weighted by Gasteiger charge is -2.34. The van der Waals surface area contributed by atoms with E-state index in [4.69, 9.17) is 0 Å². The van der Waals surface area contributed by atoms with Gasteiger partial charge in [-0.25, -0.2) is 13.4 Å². The Labute approximate surface area is 116 Å². The van der Waals surface area contributed by atoms with E-state index in [9.17, 15) is 8.42 Å². The van der Waals surface area contributed by atoms with Crippen LogP contribution in [0.2, 0.25) is 0 Å². The van der Waals surface area contributed by atoms with E-state index in [-0.39, 0.29) is 17.5 Å². The number of hydrogen-bond donors (Lipinski definition) is 2. The van der Waals surface area contributed by atoms with Crippen molar-refractivity contribution in [2.45, 2.75) is 13.0 Å². The van der Waals surface area contributed by atoms with E-state index < -0.39 is 9.84 Å². The van der Waals surface area contributed by atoms with Crippen molar-refractivity contribution < 1.29 is 8.42 Å². The fourth-order valence-electron chi connectivity index (χ4n) is 2.45. The minimum atomic E-state index is -2.95. The number of nitrogens with one attached hydrogen (secondary N) is 2. The lowest BCUT2D eigenvalue weighted by molar-refractivity contribution is 0.567. The molecule has 2 N–H and O–H groups in total. The lowest BCUT2D eigenvalue weighted by atomic mass is 10.3. The van der Waals surface area contributed by atoms with Crippen LogP contribution in [0.5, 0.6) is 0 Å². The zero-order chi connectivity index (χ0) is 14.3. The molecule has 1 atom stereocenters. The molecule has 1 saturated heterocycles. The SMILES string of the molecule is CNc1nc(N2CCS(=O)(=O)CC2C)c2[nH]cnc2n1. The molecule has 3 rings (SSSR count). The van der Waals surface area contributed by atoms with Gasteiger partial charge in [-0.1, -0.05) is 0 Å². The summed E-state index contributed by atoms with van der Waals surface area (Å²) >= 11 is 0. The molecule has 0 bridgehead atoms. The first-order chi connectivity index (χ1) is 9.50. The third kappa shape index (κ3) is 2.17. The molecular formula is C11H16N6O2S. The molecule has 0 aromatic carbocycles. The minimum Gasteiger partial charge on any atom is -0.357 e. The smallest absolute Gasteiger partial charge is 0.226 e. The van der Waals surface area contributed by atoms with E-state index in [1.54, 1.807) is 13.4 Å². The summed E-state index contributed by atoms with van der Waals surface area (Å²) in [7, 11) is -1.22. The summed E-state index contributed by atoms with van der Waals surface area (Å²) in [6, 6.07) is -0.125. The molecule has 0 saturated carbocycles. The van der Waals surface area contributed by atoms with Crippen molar-refractivity contribution in [3.63, 3.8) is 0 Å². The molecule has 108 valence electrons. The molecule has 1 aliphatic rings. The van der Waals surface area contributed by atoms with Crippen LogP contribution in [0.4, 0.5) is 11.8 Å². The van der Waals surface area contributed by atoms with Gasteiger partial charge in [0.15, 0.2) is 21.3 Å². The Morgan fingerprint density at radius 1 is 1.45 bits per heavy atom. The highest BCUT2D eigenvalue weighted by atomic mass is 32.2. The second kappa shape index (κ2) is 4.58. The van der Waals surface area contributed by atoms with Crippen molar-refractivity contribution in [3.05, 3.63) is 6.33 Å². The molecule has 20 heavy (non-hydrogen) atoms. The molecule has 8 nitrogen and oxygen atoms in total. The third-order valence-electron chi connectivity index (χ3n) is 3.43. The van der Waals surface area contributed by atoms with Crippen LogP contribution in [-0.2, 0) is 9.84 Å². The molecule has 9 heteroatoms. The maximum absolute atomic E-state index is 11.7. The number of imidazole rings is 1. The molecule has 0 amide bonds. The monoisotopic (exact) mass is 296 g/mol. The summed E-state index contributed by atoms with van der Waals surface area (Å²) in [4.78, 5) is 17.9. The molecule has 2 aromatic rings. The molecule has 1 aliphatic heterocycles. The van der Waals surface area contributed by atoms with E-state index >= 15 is 0 Å². The van der Waals surface area contributed by atoms with Gasteiger partial charge in [0.05, 0.1) is 17.8 Å². The quantitative estimate of drug-likeness (QED) is 0.805. The minimum absolute atomic E-state index is 0.125. The average molecular weight is 296 g/mol. The number of fused-ring (bicyclic) bond motifs is 1. The van der Waals surface area contributed by atoms with Crippen LogP contribution in [0.1, 0.15) is 6.92 Å². The van der Waals surface area contributed by atoms with Gasteiger partial charge in [-0.2, -0.15) is 9.97 Å². The Morgan fingerprint density at radius 2 is 2.25 bits per heavy atom. The maximum atomic E-state index is 11.7. The van der Waals surface area contributed by atoms with Gasteiger partial charge in [-0.05, 0) is 6.92 Å². The van der Waals surface area contributed by atoms with Crippen molar-refractivity contribution in [2.75, 3.05) is 35.3 Å². The number of hydrogen-bond acceptors (Lipinski definition) is 7. The molecule has 1 fully saturated rings. The number of aromatic amines is 1. The summed E-state index contributed by atoms with van der Waals surface area (Å²) in [5.41, 5.74) is 1.30. The van der Waals surface area contributed by atoms with Gasteiger partial charge < -0.3 is 15.2 Å². The van der Waals surface area contributed by atoms with E-state index in [1.165, 1.54) is 0 Å². The number of anilines is 2. The Morgan fingerprint density at radius 3 is 2.95 bits per heavy atom. The zero-order valence-corrected chi connectivity index (χ0v) is 12.1. The molecule has 0 aliphatic carbocycles. The average Bonchev–Trinajstić information content (AvgIpc) is 2.85. The van der Waals surface area contributed by atoms with Crippen LogP contribution in [0.15, 0.2) is 6.33 Å². The fraction of sp³-hybridized carbons (Fsp3) is 0.545. The maximum Gasteiger partial charge on any atom is 0.226 e. The highest BCUT2D eigenvalue weighted by Gasteiger charge is 2.30. The van der Waals surface area contributed by atoms with Crippen LogP contribution in [0.3, 0.4) is 0 Å². The number of rotatable bonds is 2. The summed E-state index contributed by atoms with van der Waals surface area (Å²) in [6.45, 7) is 2.32.